The third-order valence-electron chi connectivity index (χ3n) is 2.14. The number of esters is 1. The molecule has 0 amide bonds. The molecule has 12 heteroatoms. The Hall–Kier alpha value is -2.31. The van der Waals surface area contributed by atoms with Crippen LogP contribution in [0.1, 0.15) is 16.2 Å². The van der Waals surface area contributed by atoms with Gasteiger partial charge < -0.3 is 16.2 Å². The molecular weight excluding hydrogens is 320 g/mol. The fourth-order valence-corrected chi connectivity index (χ4v) is 2.88. The molecule has 0 aliphatic heterocycles. The zero-order chi connectivity index (χ0) is 15.6. The Balaban J connectivity index is 2.06. The van der Waals surface area contributed by atoms with E-state index >= 15 is 0 Å². The van der Waals surface area contributed by atoms with Crippen molar-refractivity contribution >= 4 is 39.2 Å². The van der Waals surface area contributed by atoms with E-state index in [0.29, 0.717) is 0 Å². The van der Waals surface area contributed by atoms with Gasteiger partial charge in [0, 0.05) is 5.38 Å². The van der Waals surface area contributed by atoms with Crippen LogP contribution < -0.4 is 16.6 Å². The number of carbonyl (C=O) groups excluding carboxylic acids is 1. The zero-order valence-electron chi connectivity index (χ0n) is 10.4. The molecule has 2 rings (SSSR count). The summed E-state index contributed by atoms with van der Waals surface area (Å²) in [7, 11) is -3.85. The van der Waals surface area contributed by atoms with Crippen LogP contribution in [0.2, 0.25) is 0 Å². The molecule has 0 aliphatic rings. The highest BCUT2D eigenvalue weighted by molar-refractivity contribution is 7.91. The Morgan fingerprint density at radius 1 is 1.24 bits per heavy atom. The molecule has 2 aromatic heterocycles. The fourth-order valence-electron chi connectivity index (χ4n) is 1.31. The Morgan fingerprint density at radius 3 is 2.38 bits per heavy atom. The third-order valence-corrected chi connectivity index (χ3v) is 4.53. The SMILES string of the molecule is Nc1nc(N)nc(COC(=O)c2csc(S(N)(=O)=O)c2)n1. The number of ether oxygens (including phenoxy) is 1. The number of nitrogen functional groups attached to an aromatic ring is 2. The van der Waals surface area contributed by atoms with Gasteiger partial charge in [0.2, 0.25) is 21.9 Å². The zero-order valence-corrected chi connectivity index (χ0v) is 12.0. The molecule has 10 nitrogen and oxygen atoms in total. The normalized spacial score (nSPS) is 11.3. The molecule has 2 aromatic rings. The summed E-state index contributed by atoms with van der Waals surface area (Å²) in [5.41, 5.74) is 10.8. The van der Waals surface area contributed by atoms with Gasteiger partial charge in [-0.3, -0.25) is 0 Å². The number of aromatic nitrogens is 3. The van der Waals surface area contributed by atoms with E-state index in [1.807, 2.05) is 0 Å². The molecule has 0 atom stereocenters. The van der Waals surface area contributed by atoms with Crippen molar-refractivity contribution in [3.8, 4) is 0 Å². The number of nitrogens with zero attached hydrogens (tertiary/aromatic N) is 3. The predicted molar refractivity (Wildman–Crippen MR) is 73.5 cm³/mol. The molecule has 0 aliphatic carbocycles. The summed E-state index contributed by atoms with van der Waals surface area (Å²) in [6.45, 7) is -0.281. The highest BCUT2D eigenvalue weighted by Gasteiger charge is 2.16. The Kier molecular flexibility index (Phi) is 4.02. The smallest absolute Gasteiger partial charge is 0.339 e. The second-order valence-electron chi connectivity index (χ2n) is 3.74. The molecule has 0 saturated heterocycles. The number of hydrogen-bond donors (Lipinski definition) is 3. The summed E-state index contributed by atoms with van der Waals surface area (Å²) in [6, 6.07) is 1.12. The van der Waals surface area contributed by atoms with Crippen molar-refractivity contribution < 1.29 is 17.9 Å². The van der Waals surface area contributed by atoms with Crippen molar-refractivity contribution in [2.75, 3.05) is 11.5 Å². The van der Waals surface area contributed by atoms with Crippen LogP contribution in [0.3, 0.4) is 0 Å². The summed E-state index contributed by atoms with van der Waals surface area (Å²) in [5, 5.41) is 6.26. The Bertz CT molecular complexity index is 767. The number of nitrogens with two attached hydrogens (primary N) is 3. The molecule has 2 heterocycles. The molecule has 0 bridgehead atoms. The minimum atomic E-state index is -3.85. The van der Waals surface area contributed by atoms with Crippen molar-refractivity contribution in [1.29, 1.82) is 0 Å². The van der Waals surface area contributed by atoms with Gasteiger partial charge in [0.25, 0.3) is 0 Å². The summed E-state index contributed by atoms with van der Waals surface area (Å²) in [5.74, 6) is -0.866. The van der Waals surface area contributed by atoms with Crippen LogP contribution in [0.25, 0.3) is 0 Å². The van der Waals surface area contributed by atoms with E-state index in [1.54, 1.807) is 0 Å². The van der Waals surface area contributed by atoms with Crippen molar-refractivity contribution in [2.45, 2.75) is 10.8 Å². The van der Waals surface area contributed by atoms with Crippen molar-refractivity contribution in [1.82, 2.24) is 15.0 Å². The van der Waals surface area contributed by atoms with Gasteiger partial charge in [-0.15, -0.1) is 11.3 Å². The maximum absolute atomic E-state index is 11.7. The number of rotatable bonds is 4. The van der Waals surface area contributed by atoms with Gasteiger partial charge in [0.05, 0.1) is 5.56 Å². The first-order chi connectivity index (χ1) is 9.75. The van der Waals surface area contributed by atoms with Gasteiger partial charge >= 0.3 is 5.97 Å². The van der Waals surface area contributed by atoms with Crippen molar-refractivity contribution in [3.63, 3.8) is 0 Å². The molecule has 21 heavy (non-hydrogen) atoms. The van der Waals surface area contributed by atoms with Crippen LogP contribution >= 0.6 is 11.3 Å². The number of carbonyl (C=O) groups is 1. The van der Waals surface area contributed by atoms with Crippen LogP contribution in [0.15, 0.2) is 15.7 Å². The quantitative estimate of drug-likeness (QED) is 0.599. The first-order valence-corrected chi connectivity index (χ1v) is 7.72. The third kappa shape index (κ3) is 3.84. The van der Waals surface area contributed by atoms with Gasteiger partial charge in [-0.2, -0.15) is 15.0 Å². The number of hydrogen-bond acceptors (Lipinski definition) is 10. The molecule has 0 aromatic carbocycles. The molecule has 0 spiro atoms. The molecular formula is C9H10N6O4S2. The molecule has 0 radical (unpaired) electrons. The Morgan fingerprint density at radius 2 is 1.86 bits per heavy atom. The van der Waals surface area contributed by atoms with Gasteiger partial charge in [0.15, 0.2) is 12.4 Å². The summed E-state index contributed by atoms with van der Waals surface area (Å²) in [4.78, 5) is 22.8. The molecule has 6 N–H and O–H groups in total. The lowest BCUT2D eigenvalue weighted by Gasteiger charge is -2.03. The summed E-state index contributed by atoms with van der Waals surface area (Å²) in [6.07, 6.45) is 0. The van der Waals surface area contributed by atoms with Gasteiger partial charge in [-0.25, -0.2) is 18.4 Å². The summed E-state index contributed by atoms with van der Waals surface area (Å²) < 4.78 is 27.0. The lowest BCUT2D eigenvalue weighted by atomic mass is 10.3. The minimum Gasteiger partial charge on any atom is -0.454 e. The maximum Gasteiger partial charge on any atom is 0.339 e. The second kappa shape index (κ2) is 5.59. The van der Waals surface area contributed by atoms with Crippen LogP contribution in [-0.2, 0) is 21.4 Å². The van der Waals surface area contributed by atoms with Crippen LogP contribution in [0.5, 0.6) is 0 Å². The standard InChI is InChI=1S/C9H10N6O4S2/c10-8-13-5(14-9(11)15-8)2-19-7(16)4-1-6(20-3-4)21(12,17)18/h1,3H,2H2,(H2,12,17,18)(H4,10,11,13,14,15). The van der Waals surface area contributed by atoms with Crippen molar-refractivity contribution in [3.05, 3.63) is 22.8 Å². The van der Waals surface area contributed by atoms with Gasteiger partial charge in [-0.05, 0) is 6.07 Å². The number of thiophene rings is 1. The van der Waals surface area contributed by atoms with E-state index in [9.17, 15) is 13.2 Å². The first-order valence-electron chi connectivity index (χ1n) is 5.30. The molecule has 0 unspecified atom stereocenters. The van der Waals surface area contributed by atoms with E-state index in [4.69, 9.17) is 21.3 Å². The largest absolute Gasteiger partial charge is 0.454 e. The number of primary sulfonamides is 1. The van der Waals surface area contributed by atoms with Crippen LogP contribution in [0.4, 0.5) is 11.9 Å². The van der Waals surface area contributed by atoms with E-state index in [-0.39, 0.29) is 34.1 Å². The predicted octanol–water partition coefficient (Wildman–Crippen LogP) is -0.898. The van der Waals surface area contributed by atoms with Crippen molar-refractivity contribution in [2.24, 2.45) is 5.14 Å². The first kappa shape index (κ1) is 15.1. The lowest BCUT2D eigenvalue weighted by Crippen LogP contribution is -2.11. The average molecular weight is 330 g/mol. The van der Waals surface area contributed by atoms with E-state index in [2.05, 4.69) is 15.0 Å². The molecule has 0 fully saturated rings. The van der Waals surface area contributed by atoms with Crippen LogP contribution in [0, 0.1) is 0 Å². The van der Waals surface area contributed by atoms with Gasteiger partial charge in [-0.1, -0.05) is 0 Å². The fraction of sp³-hybridized carbons (Fsp3) is 0.111. The molecule has 112 valence electrons. The number of anilines is 2. The highest BCUT2D eigenvalue weighted by Crippen LogP contribution is 2.19. The Labute approximate surface area is 123 Å². The average Bonchev–Trinajstić information content (AvgIpc) is 2.84. The maximum atomic E-state index is 11.7. The van der Waals surface area contributed by atoms with Crippen LogP contribution in [-0.4, -0.2) is 29.3 Å². The second-order valence-corrected chi connectivity index (χ2v) is 6.44. The van der Waals surface area contributed by atoms with E-state index in [0.717, 1.165) is 17.4 Å². The summed E-state index contributed by atoms with van der Waals surface area (Å²) >= 11 is 0.816. The molecule has 0 saturated carbocycles. The minimum absolute atomic E-state index is 0.0547. The lowest BCUT2D eigenvalue weighted by molar-refractivity contribution is 0.0462. The monoisotopic (exact) mass is 330 g/mol. The number of sulfonamides is 1. The van der Waals surface area contributed by atoms with E-state index in [1.165, 1.54) is 5.38 Å². The van der Waals surface area contributed by atoms with Gasteiger partial charge in [0.1, 0.15) is 4.21 Å². The topological polar surface area (TPSA) is 177 Å². The van der Waals surface area contributed by atoms with E-state index < -0.39 is 16.0 Å². The highest BCUT2D eigenvalue weighted by atomic mass is 32.2.